The number of nitrogens with one attached hydrogen (secondary N) is 2. The van der Waals surface area contributed by atoms with Crippen molar-refractivity contribution in [2.75, 3.05) is 25.1 Å². The van der Waals surface area contributed by atoms with Crippen molar-refractivity contribution >= 4 is 46.0 Å². The quantitative estimate of drug-likeness (QED) is 0.0921. The molecule has 49 heavy (non-hydrogen) atoms. The van der Waals surface area contributed by atoms with Crippen molar-refractivity contribution in [1.82, 2.24) is 25.1 Å². The van der Waals surface area contributed by atoms with Gasteiger partial charge in [-0.25, -0.2) is 9.78 Å². The van der Waals surface area contributed by atoms with Crippen molar-refractivity contribution < 1.29 is 24.4 Å². The Balaban J connectivity index is 1.51. The van der Waals surface area contributed by atoms with Gasteiger partial charge in [-0.05, 0) is 46.2 Å². The molecule has 3 atom stereocenters. The molecule has 12 nitrogen and oxygen atoms in total. The second-order valence-electron chi connectivity index (χ2n) is 12.2. The lowest BCUT2D eigenvalue weighted by Crippen LogP contribution is -2.51. The van der Waals surface area contributed by atoms with E-state index in [2.05, 4.69) is 22.5 Å². The number of fused-ring (bicyclic) bond motifs is 1. The number of nitrogens with zero attached hydrogens (tertiary/aromatic N) is 4. The topological polar surface area (TPSA) is 160 Å². The predicted molar refractivity (Wildman–Crippen MR) is 191 cm³/mol. The molecule has 0 bridgehead atoms. The fourth-order valence-corrected chi connectivity index (χ4v) is 6.17. The van der Waals surface area contributed by atoms with Crippen LogP contribution in [0.25, 0.3) is 10.8 Å². The minimum atomic E-state index is -1.07. The number of hydrogen-bond donors (Lipinski definition) is 3. The number of nitro benzene ring substituents is 1. The Bertz CT molecular complexity index is 1720. The van der Waals surface area contributed by atoms with Crippen molar-refractivity contribution in [3.8, 4) is 0 Å². The molecule has 3 aromatic carbocycles. The van der Waals surface area contributed by atoms with Crippen LogP contribution in [-0.4, -0.2) is 79.4 Å². The number of carboxylic acid groups (broad SMARTS) is 1. The average Bonchev–Trinajstić information content (AvgIpc) is 3.51. The summed E-state index contributed by atoms with van der Waals surface area (Å²) in [5.74, 6) is -0.987. The highest BCUT2D eigenvalue weighted by molar-refractivity contribution is 7.98. The summed E-state index contributed by atoms with van der Waals surface area (Å²) in [6.07, 6.45) is 6.33. The van der Waals surface area contributed by atoms with E-state index in [9.17, 15) is 29.6 Å². The van der Waals surface area contributed by atoms with E-state index in [1.165, 1.54) is 23.9 Å². The molecule has 0 saturated carbocycles. The molecule has 3 N–H and O–H groups in total. The number of carbonyl (C=O) groups is 3. The maximum absolute atomic E-state index is 13.5. The van der Waals surface area contributed by atoms with Crippen LogP contribution in [0.4, 0.5) is 5.69 Å². The standard InChI is InChI=1S/C36H44N6O6S/c1-4-25(2)33(39-34(43)18-30-19-37-24-41(30)20-26-12-14-29(15-13-26)42(47)48)22-40(23-35(44)38-32(36(45)46)16-17-49-3)21-28-10-7-9-27-8-5-6-11-31(27)28/h5-15,19,24-25,32-33H,4,16-18,20-23H2,1-3H3,(H,38,44)(H,39,43)(H,45,46)/t25?,32-,33+/m0/s1. The van der Waals surface area contributed by atoms with Gasteiger partial charge in [-0.2, -0.15) is 11.8 Å². The van der Waals surface area contributed by atoms with Gasteiger partial charge in [0.1, 0.15) is 6.04 Å². The number of carbonyl (C=O) groups excluding carboxylic acids is 2. The van der Waals surface area contributed by atoms with Gasteiger partial charge in [0.15, 0.2) is 0 Å². The highest BCUT2D eigenvalue weighted by atomic mass is 32.2. The van der Waals surface area contributed by atoms with Crippen LogP contribution < -0.4 is 10.6 Å². The first-order valence-corrected chi connectivity index (χ1v) is 17.7. The van der Waals surface area contributed by atoms with Crippen molar-refractivity contribution in [3.05, 3.63) is 106 Å². The highest BCUT2D eigenvalue weighted by Gasteiger charge is 2.26. The fraction of sp³-hybridized carbons (Fsp3) is 0.389. The van der Waals surface area contributed by atoms with Gasteiger partial charge in [-0.15, -0.1) is 0 Å². The third-order valence-electron chi connectivity index (χ3n) is 8.66. The van der Waals surface area contributed by atoms with E-state index >= 15 is 0 Å². The summed E-state index contributed by atoms with van der Waals surface area (Å²) in [7, 11) is 0. The minimum absolute atomic E-state index is 0.00865. The van der Waals surface area contributed by atoms with Crippen molar-refractivity contribution in [2.45, 2.75) is 58.3 Å². The van der Waals surface area contributed by atoms with Crippen LogP contribution in [0.15, 0.2) is 79.3 Å². The van der Waals surface area contributed by atoms with Crippen LogP contribution >= 0.6 is 11.8 Å². The van der Waals surface area contributed by atoms with Crippen LogP contribution in [0.3, 0.4) is 0 Å². The van der Waals surface area contributed by atoms with Gasteiger partial charge in [0.2, 0.25) is 11.8 Å². The van der Waals surface area contributed by atoms with Crippen molar-refractivity contribution in [2.24, 2.45) is 5.92 Å². The third kappa shape index (κ3) is 10.9. The Labute approximate surface area is 290 Å². The number of imidazole rings is 1. The lowest BCUT2D eigenvalue weighted by molar-refractivity contribution is -0.384. The third-order valence-corrected chi connectivity index (χ3v) is 9.30. The molecular weight excluding hydrogens is 644 g/mol. The molecule has 260 valence electrons. The van der Waals surface area contributed by atoms with Crippen molar-refractivity contribution in [1.29, 1.82) is 0 Å². The van der Waals surface area contributed by atoms with Gasteiger partial charge in [0, 0.05) is 49.7 Å². The Morgan fingerprint density at radius 3 is 2.47 bits per heavy atom. The van der Waals surface area contributed by atoms with E-state index in [0.29, 0.717) is 37.5 Å². The van der Waals surface area contributed by atoms with Gasteiger partial charge in [-0.3, -0.25) is 24.6 Å². The summed E-state index contributed by atoms with van der Waals surface area (Å²) in [5.41, 5.74) is 2.56. The summed E-state index contributed by atoms with van der Waals surface area (Å²) in [6, 6.07) is 19.0. The molecule has 1 aromatic heterocycles. The highest BCUT2D eigenvalue weighted by Crippen LogP contribution is 2.21. The minimum Gasteiger partial charge on any atom is -0.480 e. The number of hydrogen-bond acceptors (Lipinski definition) is 8. The molecule has 4 aromatic rings. The van der Waals surface area contributed by atoms with Crippen LogP contribution in [0.2, 0.25) is 0 Å². The normalized spacial score (nSPS) is 13.1. The van der Waals surface area contributed by atoms with E-state index in [-0.39, 0.29) is 36.5 Å². The van der Waals surface area contributed by atoms with E-state index in [1.54, 1.807) is 24.7 Å². The van der Waals surface area contributed by atoms with Crippen LogP contribution in [0.5, 0.6) is 0 Å². The molecule has 2 amide bonds. The SMILES string of the molecule is CCC(C)[C@@H](CN(CC(=O)N[C@@H](CCSC)C(=O)O)Cc1cccc2ccccc12)NC(=O)Cc1cncn1Cc1ccc([N+](=O)[O-])cc1. The van der Waals surface area contributed by atoms with Gasteiger partial charge in [0.05, 0.1) is 24.2 Å². The molecular formula is C36H44N6O6S. The molecule has 4 rings (SSSR count). The zero-order valence-electron chi connectivity index (χ0n) is 28.1. The molecule has 0 fully saturated rings. The molecule has 1 heterocycles. The summed E-state index contributed by atoms with van der Waals surface area (Å²) >= 11 is 1.52. The maximum atomic E-state index is 13.5. The fourth-order valence-electron chi connectivity index (χ4n) is 5.70. The Morgan fingerprint density at radius 2 is 1.78 bits per heavy atom. The molecule has 13 heteroatoms. The molecule has 1 unspecified atom stereocenters. The Morgan fingerprint density at radius 1 is 1.04 bits per heavy atom. The van der Waals surface area contributed by atoms with Crippen LogP contribution in [-0.2, 0) is 33.9 Å². The number of aliphatic carboxylic acids is 1. The molecule has 0 aliphatic carbocycles. The summed E-state index contributed by atoms with van der Waals surface area (Å²) in [4.78, 5) is 55.5. The smallest absolute Gasteiger partial charge is 0.326 e. The number of rotatable bonds is 19. The zero-order valence-corrected chi connectivity index (χ0v) is 28.9. The number of amides is 2. The molecule has 0 aliphatic heterocycles. The van der Waals surface area contributed by atoms with Crippen LogP contribution in [0, 0.1) is 16.0 Å². The number of carboxylic acids is 1. The van der Waals surface area contributed by atoms with Gasteiger partial charge in [0.25, 0.3) is 5.69 Å². The van der Waals surface area contributed by atoms with E-state index in [0.717, 1.165) is 28.3 Å². The zero-order chi connectivity index (χ0) is 35.3. The van der Waals surface area contributed by atoms with Gasteiger partial charge in [-0.1, -0.05) is 74.9 Å². The number of benzene rings is 3. The predicted octanol–water partition coefficient (Wildman–Crippen LogP) is 4.89. The summed E-state index contributed by atoms with van der Waals surface area (Å²) in [5, 5.41) is 28.8. The number of thioether (sulfide) groups is 1. The average molecular weight is 689 g/mol. The number of aromatic nitrogens is 2. The first-order chi connectivity index (χ1) is 23.6. The first-order valence-electron chi connectivity index (χ1n) is 16.3. The summed E-state index contributed by atoms with van der Waals surface area (Å²) < 4.78 is 1.84. The molecule has 0 saturated heterocycles. The van der Waals surface area contributed by atoms with Gasteiger partial charge < -0.3 is 20.3 Å². The molecule has 0 spiro atoms. The first kappa shape index (κ1) is 37.1. The lowest BCUT2D eigenvalue weighted by atomic mass is 9.97. The molecule has 0 aliphatic rings. The Hall–Kier alpha value is -4.75. The van der Waals surface area contributed by atoms with E-state index in [1.807, 2.05) is 65.1 Å². The van der Waals surface area contributed by atoms with Crippen molar-refractivity contribution in [3.63, 3.8) is 0 Å². The largest absolute Gasteiger partial charge is 0.480 e. The number of non-ortho nitro benzene ring substituents is 1. The monoisotopic (exact) mass is 688 g/mol. The van der Waals surface area contributed by atoms with Crippen LogP contribution in [0.1, 0.15) is 43.5 Å². The molecule has 0 radical (unpaired) electrons. The van der Waals surface area contributed by atoms with E-state index < -0.39 is 22.8 Å². The lowest BCUT2D eigenvalue weighted by Gasteiger charge is -2.31. The van der Waals surface area contributed by atoms with Gasteiger partial charge >= 0.3 is 5.97 Å². The number of nitro groups is 1. The summed E-state index contributed by atoms with van der Waals surface area (Å²) in [6.45, 7) is 5.25. The Kier molecular flexibility index (Phi) is 13.7. The maximum Gasteiger partial charge on any atom is 0.326 e. The second kappa shape index (κ2) is 18.1. The van der Waals surface area contributed by atoms with E-state index in [4.69, 9.17) is 0 Å². The second-order valence-corrected chi connectivity index (χ2v) is 13.2.